The first-order chi connectivity index (χ1) is 13.8. The van der Waals surface area contributed by atoms with E-state index >= 15 is 0 Å². The zero-order chi connectivity index (χ0) is 21.3. The van der Waals surface area contributed by atoms with E-state index in [1.807, 2.05) is 0 Å². The summed E-state index contributed by atoms with van der Waals surface area (Å²) in [6.45, 7) is 6.23. The van der Waals surface area contributed by atoms with E-state index < -0.39 is 9.84 Å². The third kappa shape index (κ3) is 8.64. The van der Waals surface area contributed by atoms with E-state index in [0.29, 0.717) is 19.0 Å². The molecule has 1 aromatic carbocycles. The van der Waals surface area contributed by atoms with Crippen LogP contribution in [0.3, 0.4) is 0 Å². The van der Waals surface area contributed by atoms with Gasteiger partial charge in [0.15, 0.2) is 5.96 Å². The van der Waals surface area contributed by atoms with E-state index in [4.69, 9.17) is 4.74 Å². The van der Waals surface area contributed by atoms with Crippen LogP contribution in [-0.2, 0) is 16.4 Å². The summed E-state index contributed by atoms with van der Waals surface area (Å²) in [5.74, 6) is 1.83. The summed E-state index contributed by atoms with van der Waals surface area (Å²) in [5, 5.41) is 6.62. The second-order valence-electron chi connectivity index (χ2n) is 8.37. The van der Waals surface area contributed by atoms with E-state index in [9.17, 15) is 8.42 Å². The van der Waals surface area contributed by atoms with Crippen molar-refractivity contribution in [2.24, 2.45) is 10.4 Å². The minimum Gasteiger partial charge on any atom is -0.493 e. The summed E-state index contributed by atoms with van der Waals surface area (Å²) in [6, 6.07) is 6.25. The molecule has 0 unspecified atom stereocenters. The van der Waals surface area contributed by atoms with Gasteiger partial charge in [-0.3, -0.25) is 4.99 Å². The van der Waals surface area contributed by atoms with Gasteiger partial charge in [-0.2, -0.15) is 0 Å². The lowest BCUT2D eigenvalue weighted by atomic mass is 10.1. The first kappa shape index (κ1) is 23.5. The topological polar surface area (TPSA) is 79.8 Å². The summed E-state index contributed by atoms with van der Waals surface area (Å²) in [6.07, 6.45) is 7.92. The highest BCUT2D eigenvalue weighted by Gasteiger charge is 2.45. The second kappa shape index (κ2) is 10.9. The van der Waals surface area contributed by atoms with Crippen LogP contribution < -0.4 is 15.4 Å². The smallest absolute Gasteiger partial charge is 0.191 e. The van der Waals surface area contributed by atoms with Gasteiger partial charge in [-0.15, -0.1) is 0 Å². The second-order valence-corrected chi connectivity index (χ2v) is 10.5. The third-order valence-corrected chi connectivity index (χ3v) is 6.44. The van der Waals surface area contributed by atoms with Gasteiger partial charge in [0.25, 0.3) is 0 Å². The highest BCUT2D eigenvalue weighted by Crippen LogP contribution is 2.46. The molecule has 0 aliphatic heterocycles. The van der Waals surface area contributed by atoms with Crippen LogP contribution in [0.25, 0.3) is 0 Å². The Kier molecular flexibility index (Phi) is 8.80. The van der Waals surface area contributed by atoms with Gasteiger partial charge in [0.1, 0.15) is 15.6 Å². The van der Waals surface area contributed by atoms with E-state index in [1.165, 1.54) is 31.1 Å². The molecule has 7 heteroatoms. The maximum atomic E-state index is 11.6. The average molecular weight is 424 g/mol. The van der Waals surface area contributed by atoms with Crippen molar-refractivity contribution in [3.8, 4) is 5.75 Å². The number of guanidine groups is 1. The molecule has 0 bridgehead atoms. The van der Waals surface area contributed by atoms with Crippen molar-refractivity contribution >= 4 is 15.8 Å². The average Bonchev–Trinajstić information content (AvgIpc) is 3.40. The first-order valence-corrected chi connectivity index (χ1v) is 12.7. The molecule has 1 aliphatic carbocycles. The number of rotatable bonds is 12. The van der Waals surface area contributed by atoms with Crippen LogP contribution in [0.4, 0.5) is 0 Å². The molecule has 164 valence electrons. The van der Waals surface area contributed by atoms with Gasteiger partial charge in [0.05, 0.1) is 12.4 Å². The van der Waals surface area contributed by atoms with Crippen LogP contribution in [0, 0.1) is 12.3 Å². The molecule has 2 N–H and O–H groups in total. The highest BCUT2D eigenvalue weighted by molar-refractivity contribution is 7.90. The zero-order valence-electron chi connectivity index (χ0n) is 18.4. The van der Waals surface area contributed by atoms with E-state index in [-0.39, 0.29) is 11.2 Å². The van der Waals surface area contributed by atoms with Crippen LogP contribution in [0.2, 0.25) is 0 Å². The van der Waals surface area contributed by atoms with Gasteiger partial charge in [-0.05, 0) is 37.8 Å². The van der Waals surface area contributed by atoms with Gasteiger partial charge < -0.3 is 15.4 Å². The molecule has 1 aromatic rings. The fourth-order valence-electron chi connectivity index (χ4n) is 3.43. The SMILES string of the molecule is CCCCCCOc1cc(C)ccc1CNC(=NC)NCC1(CS(C)(=O)=O)CC1. The highest BCUT2D eigenvalue weighted by atomic mass is 32.2. The van der Waals surface area contributed by atoms with Gasteiger partial charge >= 0.3 is 0 Å². The zero-order valence-corrected chi connectivity index (χ0v) is 19.2. The Morgan fingerprint density at radius 1 is 1.21 bits per heavy atom. The number of benzene rings is 1. The standard InChI is InChI=1S/C22H37N3O3S/c1-5-6-7-8-13-28-20-14-18(2)9-10-19(20)15-24-21(23-3)25-16-22(11-12-22)17-29(4,26)27/h9-10,14H,5-8,11-13,15-17H2,1-4H3,(H2,23,24,25). The van der Waals surface area contributed by atoms with Gasteiger partial charge in [0.2, 0.25) is 0 Å². The summed E-state index contributed by atoms with van der Waals surface area (Å²) in [5.41, 5.74) is 2.13. The Bertz CT molecular complexity index is 786. The Labute approximate surface area is 176 Å². The number of aliphatic imine (C=N–C) groups is 1. The molecular weight excluding hydrogens is 386 g/mol. The maximum Gasteiger partial charge on any atom is 0.191 e. The molecule has 1 fully saturated rings. The lowest BCUT2D eigenvalue weighted by molar-refractivity contribution is 0.301. The molecule has 0 aromatic heterocycles. The van der Waals surface area contributed by atoms with Crippen LogP contribution in [0.15, 0.2) is 23.2 Å². The van der Waals surface area contributed by atoms with Crippen molar-refractivity contribution < 1.29 is 13.2 Å². The molecule has 0 radical (unpaired) electrons. The summed E-state index contributed by atoms with van der Waals surface area (Å²) < 4.78 is 29.3. The maximum absolute atomic E-state index is 11.6. The Hall–Kier alpha value is -1.76. The molecule has 0 atom stereocenters. The lowest BCUT2D eigenvalue weighted by Crippen LogP contribution is -2.41. The summed E-state index contributed by atoms with van der Waals surface area (Å²) in [7, 11) is -1.24. The van der Waals surface area contributed by atoms with E-state index in [2.05, 4.69) is 47.7 Å². The number of nitrogens with one attached hydrogen (secondary N) is 2. The molecule has 0 heterocycles. The van der Waals surface area contributed by atoms with Crippen molar-refractivity contribution in [3.63, 3.8) is 0 Å². The normalized spacial score (nSPS) is 15.8. The Morgan fingerprint density at radius 2 is 1.97 bits per heavy atom. The van der Waals surface area contributed by atoms with E-state index in [0.717, 1.165) is 37.2 Å². The predicted molar refractivity (Wildman–Crippen MR) is 120 cm³/mol. The Balaban J connectivity index is 1.87. The first-order valence-electron chi connectivity index (χ1n) is 10.6. The van der Waals surface area contributed by atoms with Crippen molar-refractivity contribution in [2.75, 3.05) is 32.2 Å². The van der Waals surface area contributed by atoms with Crippen LogP contribution in [-0.4, -0.2) is 46.6 Å². The number of nitrogens with zero attached hydrogens (tertiary/aromatic N) is 1. The number of hydrogen-bond donors (Lipinski definition) is 2. The van der Waals surface area contributed by atoms with Crippen molar-refractivity contribution in [1.82, 2.24) is 10.6 Å². The van der Waals surface area contributed by atoms with Crippen molar-refractivity contribution in [2.45, 2.75) is 58.9 Å². The number of sulfone groups is 1. The minimum atomic E-state index is -2.97. The molecule has 0 spiro atoms. The van der Waals surface area contributed by atoms with Crippen molar-refractivity contribution in [3.05, 3.63) is 29.3 Å². The van der Waals surface area contributed by atoms with Gasteiger partial charge in [-0.25, -0.2) is 8.42 Å². The molecular formula is C22H37N3O3S. The fraction of sp³-hybridized carbons (Fsp3) is 0.682. The van der Waals surface area contributed by atoms with Gasteiger partial charge in [0, 0.05) is 37.4 Å². The van der Waals surface area contributed by atoms with Gasteiger partial charge in [-0.1, -0.05) is 38.3 Å². The molecule has 0 amide bonds. The molecule has 1 aliphatic rings. The predicted octanol–water partition coefficient (Wildman–Crippen LogP) is 3.44. The monoisotopic (exact) mass is 423 g/mol. The summed E-state index contributed by atoms with van der Waals surface area (Å²) in [4.78, 5) is 4.28. The minimum absolute atomic E-state index is 0.137. The Morgan fingerprint density at radius 3 is 2.59 bits per heavy atom. The fourth-order valence-corrected chi connectivity index (χ4v) is 4.93. The molecule has 1 saturated carbocycles. The third-order valence-electron chi connectivity index (χ3n) is 5.30. The molecule has 29 heavy (non-hydrogen) atoms. The molecule has 6 nitrogen and oxygen atoms in total. The van der Waals surface area contributed by atoms with Crippen LogP contribution in [0.1, 0.15) is 56.6 Å². The number of ether oxygens (including phenoxy) is 1. The van der Waals surface area contributed by atoms with Crippen LogP contribution in [0.5, 0.6) is 5.75 Å². The van der Waals surface area contributed by atoms with E-state index in [1.54, 1.807) is 7.05 Å². The van der Waals surface area contributed by atoms with Crippen molar-refractivity contribution in [1.29, 1.82) is 0 Å². The number of aryl methyl sites for hydroxylation is 1. The number of unbranched alkanes of at least 4 members (excludes halogenated alkanes) is 3. The molecule has 0 saturated heterocycles. The quantitative estimate of drug-likeness (QED) is 0.306. The largest absolute Gasteiger partial charge is 0.493 e. The lowest BCUT2D eigenvalue weighted by Gasteiger charge is -2.19. The van der Waals surface area contributed by atoms with Crippen LogP contribution >= 0.6 is 0 Å². The number of hydrogen-bond acceptors (Lipinski definition) is 4. The molecule has 2 rings (SSSR count). The summed E-state index contributed by atoms with van der Waals surface area (Å²) >= 11 is 0.